The molecular weight excluding hydrogens is 382 g/mol. The van der Waals surface area contributed by atoms with E-state index in [2.05, 4.69) is 37.2 Å². The van der Waals surface area contributed by atoms with Gasteiger partial charge in [-0.2, -0.15) is 0 Å². The van der Waals surface area contributed by atoms with E-state index >= 15 is 0 Å². The van der Waals surface area contributed by atoms with Crippen molar-refractivity contribution in [3.8, 4) is 0 Å². The molecule has 1 atom stereocenters. The Morgan fingerprint density at radius 1 is 1.47 bits per heavy atom. The third-order valence-electron chi connectivity index (χ3n) is 2.28. The molecule has 0 bridgehead atoms. The molecule has 7 heteroatoms. The lowest BCUT2D eigenvalue weighted by molar-refractivity contribution is 0.0527. The van der Waals surface area contributed by atoms with Gasteiger partial charge in [0, 0.05) is 15.5 Å². The highest BCUT2D eigenvalue weighted by Crippen LogP contribution is 2.31. The number of carbonyl (C=O) groups excluding carboxylic acids is 1. The van der Waals surface area contributed by atoms with E-state index < -0.39 is 12.1 Å². The Labute approximate surface area is 128 Å². The van der Waals surface area contributed by atoms with Crippen LogP contribution in [0, 0.1) is 0 Å². The minimum Gasteiger partial charge on any atom is -0.462 e. The number of rotatable bonds is 6. The SMILES string of the molecule is CCOC(=O)c1cc(Br)cc(Br)c1NCC(O)CO. The smallest absolute Gasteiger partial charge is 0.340 e. The van der Waals surface area contributed by atoms with Gasteiger partial charge in [0.2, 0.25) is 0 Å². The molecule has 0 saturated heterocycles. The van der Waals surface area contributed by atoms with Crippen LogP contribution in [0.5, 0.6) is 0 Å². The molecule has 1 aromatic rings. The fraction of sp³-hybridized carbons (Fsp3) is 0.417. The van der Waals surface area contributed by atoms with E-state index in [1.807, 2.05) is 0 Å². The molecule has 0 saturated carbocycles. The van der Waals surface area contributed by atoms with Crippen molar-refractivity contribution < 1.29 is 19.7 Å². The Morgan fingerprint density at radius 3 is 2.74 bits per heavy atom. The second-order valence-electron chi connectivity index (χ2n) is 3.75. The predicted octanol–water partition coefficient (Wildman–Crippen LogP) is 2.15. The molecule has 106 valence electrons. The van der Waals surface area contributed by atoms with Crippen molar-refractivity contribution >= 4 is 43.5 Å². The summed E-state index contributed by atoms with van der Waals surface area (Å²) in [5, 5.41) is 21.1. The first kappa shape index (κ1) is 16.4. The lowest BCUT2D eigenvalue weighted by Crippen LogP contribution is -2.24. The molecule has 0 radical (unpaired) electrons. The average molecular weight is 397 g/mol. The first-order chi connectivity index (χ1) is 8.99. The summed E-state index contributed by atoms with van der Waals surface area (Å²) in [7, 11) is 0. The van der Waals surface area contributed by atoms with Crippen LogP contribution in [0.15, 0.2) is 21.1 Å². The molecule has 1 unspecified atom stereocenters. The van der Waals surface area contributed by atoms with Crippen LogP contribution in [0.2, 0.25) is 0 Å². The molecule has 5 nitrogen and oxygen atoms in total. The number of nitrogens with one attached hydrogen (secondary N) is 1. The van der Waals surface area contributed by atoms with Crippen LogP contribution in [0.3, 0.4) is 0 Å². The highest BCUT2D eigenvalue weighted by atomic mass is 79.9. The fourth-order valence-corrected chi connectivity index (χ4v) is 2.77. The molecule has 19 heavy (non-hydrogen) atoms. The van der Waals surface area contributed by atoms with Crippen LogP contribution in [-0.4, -0.2) is 42.0 Å². The van der Waals surface area contributed by atoms with Gasteiger partial charge in [-0.05, 0) is 35.0 Å². The van der Waals surface area contributed by atoms with Gasteiger partial charge in [0.1, 0.15) is 0 Å². The molecule has 0 aromatic heterocycles. The van der Waals surface area contributed by atoms with E-state index in [-0.39, 0.29) is 19.8 Å². The zero-order valence-electron chi connectivity index (χ0n) is 10.3. The largest absolute Gasteiger partial charge is 0.462 e. The Kier molecular flexibility index (Phi) is 6.78. The van der Waals surface area contributed by atoms with Crippen molar-refractivity contribution in [2.75, 3.05) is 25.1 Å². The monoisotopic (exact) mass is 395 g/mol. The van der Waals surface area contributed by atoms with Gasteiger partial charge in [-0.1, -0.05) is 15.9 Å². The molecule has 0 fully saturated rings. The molecule has 0 aliphatic heterocycles. The van der Waals surface area contributed by atoms with E-state index in [1.165, 1.54) is 0 Å². The van der Waals surface area contributed by atoms with E-state index in [9.17, 15) is 9.90 Å². The van der Waals surface area contributed by atoms with Crippen molar-refractivity contribution in [2.24, 2.45) is 0 Å². The number of aliphatic hydroxyl groups is 2. The minimum absolute atomic E-state index is 0.128. The van der Waals surface area contributed by atoms with Crippen molar-refractivity contribution in [1.82, 2.24) is 0 Å². The van der Waals surface area contributed by atoms with Crippen LogP contribution < -0.4 is 5.32 Å². The highest BCUT2D eigenvalue weighted by Gasteiger charge is 2.17. The quantitative estimate of drug-likeness (QED) is 0.642. The maximum Gasteiger partial charge on any atom is 0.340 e. The summed E-state index contributed by atoms with van der Waals surface area (Å²) in [6.07, 6.45) is -0.898. The Morgan fingerprint density at radius 2 is 2.16 bits per heavy atom. The van der Waals surface area contributed by atoms with Crippen LogP contribution in [-0.2, 0) is 4.74 Å². The number of ether oxygens (including phenoxy) is 1. The highest BCUT2D eigenvalue weighted by molar-refractivity contribution is 9.11. The van der Waals surface area contributed by atoms with Gasteiger partial charge >= 0.3 is 5.97 Å². The lowest BCUT2D eigenvalue weighted by Gasteiger charge is -2.15. The van der Waals surface area contributed by atoms with Crippen LogP contribution in [0.4, 0.5) is 5.69 Å². The van der Waals surface area contributed by atoms with E-state index in [0.717, 1.165) is 4.47 Å². The number of carbonyl (C=O) groups is 1. The summed E-state index contributed by atoms with van der Waals surface area (Å²) >= 11 is 6.65. The standard InChI is InChI=1S/C12H15Br2NO4/c1-2-19-12(18)9-3-7(13)4-10(14)11(9)15-5-8(17)6-16/h3-4,8,15-17H,2,5-6H2,1H3. The number of aliphatic hydroxyl groups excluding tert-OH is 2. The van der Waals surface area contributed by atoms with Crippen molar-refractivity contribution in [2.45, 2.75) is 13.0 Å². The topological polar surface area (TPSA) is 78.8 Å². The summed E-state index contributed by atoms with van der Waals surface area (Å²) in [6, 6.07) is 3.41. The second-order valence-corrected chi connectivity index (χ2v) is 5.52. The summed E-state index contributed by atoms with van der Waals surface area (Å²) in [5.74, 6) is -0.453. The van der Waals surface area contributed by atoms with Crippen molar-refractivity contribution in [1.29, 1.82) is 0 Å². The molecule has 0 amide bonds. The normalized spacial score (nSPS) is 12.1. The van der Waals surface area contributed by atoms with Gasteiger partial charge in [-0.25, -0.2) is 4.79 Å². The molecule has 0 aliphatic carbocycles. The second kappa shape index (κ2) is 7.84. The summed E-state index contributed by atoms with van der Waals surface area (Å²) < 4.78 is 6.37. The van der Waals surface area contributed by atoms with Gasteiger partial charge in [0.25, 0.3) is 0 Å². The maximum atomic E-state index is 11.9. The van der Waals surface area contributed by atoms with E-state index in [4.69, 9.17) is 9.84 Å². The zero-order chi connectivity index (χ0) is 14.4. The van der Waals surface area contributed by atoms with Gasteiger partial charge in [-0.15, -0.1) is 0 Å². The van der Waals surface area contributed by atoms with Gasteiger partial charge in [0.15, 0.2) is 0 Å². The molecule has 0 heterocycles. The molecule has 1 rings (SSSR count). The minimum atomic E-state index is -0.898. The predicted molar refractivity (Wildman–Crippen MR) is 79.4 cm³/mol. The molecule has 0 aliphatic rings. The number of hydrogen-bond donors (Lipinski definition) is 3. The number of anilines is 1. The first-order valence-corrected chi connectivity index (χ1v) is 7.27. The van der Waals surface area contributed by atoms with Gasteiger partial charge in [0.05, 0.1) is 30.6 Å². The summed E-state index contributed by atoms with van der Waals surface area (Å²) in [6.45, 7) is 1.79. The Balaban J connectivity index is 3.02. The number of benzene rings is 1. The maximum absolute atomic E-state index is 11.9. The Bertz CT molecular complexity index is 454. The van der Waals surface area contributed by atoms with E-state index in [1.54, 1.807) is 19.1 Å². The Hall–Kier alpha value is -0.630. The number of hydrogen-bond acceptors (Lipinski definition) is 5. The molecule has 1 aromatic carbocycles. The van der Waals surface area contributed by atoms with Crippen LogP contribution in [0.1, 0.15) is 17.3 Å². The molecule has 0 spiro atoms. The summed E-state index contributed by atoms with van der Waals surface area (Å²) in [4.78, 5) is 11.9. The van der Waals surface area contributed by atoms with Crippen LogP contribution in [0.25, 0.3) is 0 Å². The first-order valence-electron chi connectivity index (χ1n) is 5.68. The third kappa shape index (κ3) is 4.76. The van der Waals surface area contributed by atoms with E-state index in [0.29, 0.717) is 15.7 Å². The molecule has 3 N–H and O–H groups in total. The van der Waals surface area contributed by atoms with Crippen molar-refractivity contribution in [3.05, 3.63) is 26.6 Å². The van der Waals surface area contributed by atoms with Gasteiger partial charge < -0.3 is 20.3 Å². The lowest BCUT2D eigenvalue weighted by atomic mass is 10.1. The van der Waals surface area contributed by atoms with Gasteiger partial charge in [-0.3, -0.25) is 0 Å². The molecular formula is C12H15Br2NO4. The van der Waals surface area contributed by atoms with Crippen molar-refractivity contribution in [3.63, 3.8) is 0 Å². The number of esters is 1. The average Bonchev–Trinajstić information content (AvgIpc) is 2.36. The summed E-state index contributed by atoms with van der Waals surface area (Å²) in [5.41, 5.74) is 0.877. The zero-order valence-corrected chi connectivity index (χ0v) is 13.5. The third-order valence-corrected chi connectivity index (χ3v) is 3.36. The number of halogens is 2. The van der Waals surface area contributed by atoms with Crippen LogP contribution >= 0.6 is 31.9 Å². The fourth-order valence-electron chi connectivity index (χ4n) is 1.41.